The number of piperidine rings is 1. The van der Waals surface area contributed by atoms with E-state index in [1.54, 1.807) is 6.07 Å². The molecule has 3 N–H and O–H groups in total. The molecule has 8 heteroatoms. The van der Waals surface area contributed by atoms with Crippen LogP contribution in [0.15, 0.2) is 16.9 Å². The molecule has 0 unspecified atom stereocenters. The Morgan fingerprint density at radius 2 is 2.05 bits per heavy atom. The van der Waals surface area contributed by atoms with Crippen molar-refractivity contribution in [3.8, 4) is 0 Å². The fraction of sp³-hybridized carbons (Fsp3) is 0.500. The average Bonchev–Trinajstić information content (AvgIpc) is 2.99. The third kappa shape index (κ3) is 2.95. The van der Waals surface area contributed by atoms with Crippen LogP contribution in [0.2, 0.25) is 0 Å². The van der Waals surface area contributed by atoms with Crippen LogP contribution < -0.4 is 16.0 Å². The molecule has 0 spiro atoms. The number of rotatable bonds is 4. The molecule has 3 heterocycles. The summed E-state index contributed by atoms with van der Waals surface area (Å²) in [6, 6.07) is 1.78. The summed E-state index contributed by atoms with van der Waals surface area (Å²) < 4.78 is 4.77. The second kappa shape index (κ2) is 5.72. The molecule has 3 rings (SSSR count). The molecular weight excluding hydrogens is 258 g/mol. The lowest BCUT2D eigenvalue weighted by Gasteiger charge is -2.26. The van der Waals surface area contributed by atoms with Gasteiger partial charge < -0.3 is 20.5 Å². The van der Waals surface area contributed by atoms with Gasteiger partial charge in [0.15, 0.2) is 0 Å². The van der Waals surface area contributed by atoms with Gasteiger partial charge in [0.25, 0.3) is 0 Å². The number of nitrogen functional groups attached to an aromatic ring is 1. The Hall–Kier alpha value is -2.38. The largest absolute Gasteiger partial charge is 0.368 e. The molecule has 1 fully saturated rings. The minimum absolute atomic E-state index is 0.225. The van der Waals surface area contributed by atoms with Gasteiger partial charge in [-0.25, -0.2) is 0 Å². The summed E-state index contributed by atoms with van der Waals surface area (Å²) in [5.41, 5.74) is 6.53. The van der Waals surface area contributed by atoms with Crippen LogP contribution in [-0.4, -0.2) is 33.2 Å². The third-order valence-electron chi connectivity index (χ3n) is 3.20. The van der Waals surface area contributed by atoms with Crippen LogP contribution in [0.1, 0.15) is 25.0 Å². The maximum Gasteiger partial charge on any atom is 0.231 e. The van der Waals surface area contributed by atoms with Crippen molar-refractivity contribution < 1.29 is 4.52 Å². The van der Waals surface area contributed by atoms with E-state index < -0.39 is 0 Å². The van der Waals surface area contributed by atoms with Crippen molar-refractivity contribution in [2.24, 2.45) is 0 Å². The second-order valence-corrected chi connectivity index (χ2v) is 4.71. The zero-order chi connectivity index (χ0) is 13.8. The van der Waals surface area contributed by atoms with Gasteiger partial charge in [-0.1, -0.05) is 5.16 Å². The van der Waals surface area contributed by atoms with Gasteiger partial charge in [-0.05, 0) is 19.3 Å². The lowest BCUT2D eigenvalue weighted by atomic mass is 10.1. The minimum Gasteiger partial charge on any atom is -0.368 e. The second-order valence-electron chi connectivity index (χ2n) is 4.71. The van der Waals surface area contributed by atoms with Gasteiger partial charge in [0.05, 0.1) is 6.54 Å². The van der Waals surface area contributed by atoms with E-state index in [1.807, 2.05) is 0 Å². The van der Waals surface area contributed by atoms with Crippen LogP contribution in [-0.2, 0) is 6.54 Å². The van der Waals surface area contributed by atoms with Crippen LogP contribution in [0.3, 0.4) is 0 Å². The number of aromatic nitrogens is 4. The number of hydrogen-bond donors (Lipinski definition) is 2. The van der Waals surface area contributed by atoms with Gasteiger partial charge in [0, 0.05) is 19.2 Å². The number of nitrogens with zero attached hydrogens (tertiary/aromatic N) is 5. The number of nitrogens with one attached hydrogen (secondary N) is 1. The molecule has 0 amide bonds. The van der Waals surface area contributed by atoms with Crippen molar-refractivity contribution in [2.45, 2.75) is 25.8 Å². The van der Waals surface area contributed by atoms with Crippen LogP contribution in [0.25, 0.3) is 0 Å². The topological polar surface area (TPSA) is 106 Å². The molecule has 0 bridgehead atoms. The Morgan fingerprint density at radius 3 is 2.80 bits per heavy atom. The first-order valence-electron chi connectivity index (χ1n) is 6.71. The highest BCUT2D eigenvalue weighted by molar-refractivity contribution is 5.42. The lowest BCUT2D eigenvalue weighted by Crippen LogP contribution is -2.31. The zero-order valence-electron chi connectivity index (χ0n) is 11.1. The van der Waals surface area contributed by atoms with E-state index in [4.69, 9.17) is 10.3 Å². The Bertz CT molecular complexity index is 551. The van der Waals surface area contributed by atoms with Crippen molar-refractivity contribution >= 4 is 17.8 Å². The predicted octanol–water partition coefficient (Wildman–Crippen LogP) is 1.04. The lowest BCUT2D eigenvalue weighted by molar-refractivity contribution is 0.412. The highest BCUT2D eigenvalue weighted by atomic mass is 16.5. The Labute approximate surface area is 116 Å². The van der Waals surface area contributed by atoms with Gasteiger partial charge in [-0.2, -0.15) is 15.0 Å². The molecule has 0 atom stereocenters. The predicted molar refractivity (Wildman–Crippen MR) is 74.1 cm³/mol. The monoisotopic (exact) mass is 275 g/mol. The smallest absolute Gasteiger partial charge is 0.231 e. The van der Waals surface area contributed by atoms with Crippen molar-refractivity contribution in [3.05, 3.63) is 18.0 Å². The van der Waals surface area contributed by atoms with E-state index in [2.05, 4.69) is 30.3 Å². The van der Waals surface area contributed by atoms with Crippen LogP contribution in [0.5, 0.6) is 0 Å². The van der Waals surface area contributed by atoms with E-state index in [9.17, 15) is 0 Å². The summed E-state index contributed by atoms with van der Waals surface area (Å²) in [6.07, 6.45) is 5.10. The summed E-state index contributed by atoms with van der Waals surface area (Å²) in [6.45, 7) is 2.41. The van der Waals surface area contributed by atoms with E-state index in [0.717, 1.165) is 31.6 Å². The number of hydrogen-bond acceptors (Lipinski definition) is 8. The molecule has 20 heavy (non-hydrogen) atoms. The number of anilines is 3. The fourth-order valence-corrected chi connectivity index (χ4v) is 2.19. The molecule has 2 aromatic rings. The summed E-state index contributed by atoms with van der Waals surface area (Å²) in [5, 5.41) is 6.89. The Morgan fingerprint density at radius 1 is 1.20 bits per heavy atom. The molecule has 0 aliphatic carbocycles. The molecule has 0 radical (unpaired) electrons. The quantitative estimate of drug-likeness (QED) is 0.852. The number of nitrogens with two attached hydrogens (primary N) is 1. The first kappa shape index (κ1) is 12.6. The average molecular weight is 275 g/mol. The SMILES string of the molecule is Nc1nc(NCc2ccon2)nc(N2CCCCC2)n1. The standard InChI is InChI=1S/C12H17N7O/c13-10-15-11(14-8-9-4-7-20-18-9)17-12(16-10)19-5-2-1-3-6-19/h4,7H,1-3,5-6,8H2,(H3,13,14,15,16,17). The molecule has 8 nitrogen and oxygen atoms in total. The van der Waals surface area contributed by atoms with Gasteiger partial charge in [0.2, 0.25) is 17.8 Å². The summed E-state index contributed by atoms with van der Waals surface area (Å²) in [7, 11) is 0. The fourth-order valence-electron chi connectivity index (χ4n) is 2.19. The van der Waals surface area contributed by atoms with Gasteiger partial charge in [-0.3, -0.25) is 0 Å². The van der Waals surface area contributed by atoms with Gasteiger partial charge in [-0.15, -0.1) is 0 Å². The molecule has 1 aliphatic heterocycles. The normalized spacial score (nSPS) is 15.3. The van der Waals surface area contributed by atoms with Crippen molar-refractivity contribution in [1.82, 2.24) is 20.1 Å². The molecule has 1 aliphatic rings. The third-order valence-corrected chi connectivity index (χ3v) is 3.20. The molecule has 2 aromatic heterocycles. The van der Waals surface area contributed by atoms with Crippen LogP contribution in [0.4, 0.5) is 17.8 Å². The molecule has 0 saturated carbocycles. The maximum atomic E-state index is 5.75. The summed E-state index contributed by atoms with van der Waals surface area (Å²) in [4.78, 5) is 14.8. The first-order chi connectivity index (χ1) is 9.81. The van der Waals surface area contributed by atoms with E-state index in [-0.39, 0.29) is 5.95 Å². The van der Waals surface area contributed by atoms with Crippen molar-refractivity contribution in [3.63, 3.8) is 0 Å². The molecular formula is C12H17N7O. The van der Waals surface area contributed by atoms with Gasteiger partial charge >= 0.3 is 0 Å². The first-order valence-corrected chi connectivity index (χ1v) is 6.71. The van der Waals surface area contributed by atoms with E-state index >= 15 is 0 Å². The maximum absolute atomic E-state index is 5.75. The summed E-state index contributed by atoms with van der Waals surface area (Å²) in [5.74, 6) is 1.32. The molecule has 0 aromatic carbocycles. The highest BCUT2D eigenvalue weighted by Gasteiger charge is 2.15. The molecule has 1 saturated heterocycles. The van der Waals surface area contributed by atoms with Crippen LogP contribution in [0, 0.1) is 0 Å². The van der Waals surface area contributed by atoms with Gasteiger partial charge in [0.1, 0.15) is 12.0 Å². The zero-order valence-corrected chi connectivity index (χ0v) is 11.1. The molecule has 106 valence electrons. The summed E-state index contributed by atoms with van der Waals surface area (Å²) >= 11 is 0. The minimum atomic E-state index is 0.225. The van der Waals surface area contributed by atoms with E-state index in [0.29, 0.717) is 18.4 Å². The van der Waals surface area contributed by atoms with Crippen molar-refractivity contribution in [1.29, 1.82) is 0 Å². The highest BCUT2D eigenvalue weighted by Crippen LogP contribution is 2.17. The van der Waals surface area contributed by atoms with E-state index in [1.165, 1.54) is 12.7 Å². The Kier molecular flexibility index (Phi) is 3.62. The van der Waals surface area contributed by atoms with Crippen LogP contribution >= 0.6 is 0 Å². The Balaban J connectivity index is 1.72. The van der Waals surface area contributed by atoms with Crippen molar-refractivity contribution in [2.75, 3.05) is 29.0 Å².